The van der Waals surface area contributed by atoms with Gasteiger partial charge in [0.2, 0.25) is 5.60 Å². The Morgan fingerprint density at radius 2 is 1.81 bits per heavy atom. The smallest absolute Gasteiger partial charge is 0.269 e. The maximum Gasteiger partial charge on any atom is 0.269 e. The first-order valence-corrected chi connectivity index (χ1v) is 7.79. The van der Waals surface area contributed by atoms with E-state index in [-0.39, 0.29) is 5.91 Å². The van der Waals surface area contributed by atoms with Crippen molar-refractivity contribution in [1.82, 2.24) is 4.90 Å². The van der Waals surface area contributed by atoms with Crippen molar-refractivity contribution in [2.24, 2.45) is 5.16 Å². The van der Waals surface area contributed by atoms with E-state index in [2.05, 4.69) is 5.16 Å². The molecule has 21 heavy (non-hydrogen) atoms. The van der Waals surface area contributed by atoms with Crippen LogP contribution in [0.3, 0.4) is 0 Å². The van der Waals surface area contributed by atoms with E-state index in [0.717, 1.165) is 37.2 Å². The summed E-state index contributed by atoms with van der Waals surface area (Å²) in [5, 5.41) is 4.17. The summed E-state index contributed by atoms with van der Waals surface area (Å²) in [4.78, 5) is 20.3. The second kappa shape index (κ2) is 5.88. The molecular formula is C17H22N2O2. The molecule has 1 aromatic carbocycles. The van der Waals surface area contributed by atoms with Crippen molar-refractivity contribution < 1.29 is 9.63 Å². The molecule has 1 unspecified atom stereocenters. The third kappa shape index (κ3) is 2.94. The fourth-order valence-corrected chi connectivity index (χ4v) is 3.05. The molecule has 1 saturated heterocycles. The van der Waals surface area contributed by atoms with Crippen molar-refractivity contribution in [2.75, 3.05) is 13.1 Å². The SMILES string of the molecule is CC1(C(=O)N2CCCCCC2)CC(c2ccccc2)=NO1. The summed E-state index contributed by atoms with van der Waals surface area (Å²) in [7, 11) is 0. The second-order valence-electron chi connectivity index (χ2n) is 6.11. The van der Waals surface area contributed by atoms with Crippen LogP contribution < -0.4 is 0 Å². The fraction of sp³-hybridized carbons (Fsp3) is 0.529. The summed E-state index contributed by atoms with van der Waals surface area (Å²) in [5.41, 5.74) is 1.06. The molecule has 112 valence electrons. The monoisotopic (exact) mass is 286 g/mol. The largest absolute Gasteiger partial charge is 0.379 e. The molecule has 0 saturated carbocycles. The molecule has 0 spiro atoms. The van der Waals surface area contributed by atoms with Crippen molar-refractivity contribution in [2.45, 2.75) is 44.6 Å². The summed E-state index contributed by atoms with van der Waals surface area (Å²) >= 11 is 0. The molecule has 4 heteroatoms. The number of likely N-dealkylation sites (tertiary alicyclic amines) is 1. The number of amides is 1. The van der Waals surface area contributed by atoms with Crippen LogP contribution in [0, 0.1) is 0 Å². The van der Waals surface area contributed by atoms with Gasteiger partial charge in [0, 0.05) is 19.5 Å². The van der Waals surface area contributed by atoms with Crippen LogP contribution in [-0.4, -0.2) is 35.2 Å². The van der Waals surface area contributed by atoms with Gasteiger partial charge >= 0.3 is 0 Å². The quantitative estimate of drug-likeness (QED) is 0.838. The number of benzene rings is 1. The van der Waals surface area contributed by atoms with Crippen molar-refractivity contribution in [1.29, 1.82) is 0 Å². The van der Waals surface area contributed by atoms with Crippen molar-refractivity contribution in [3.63, 3.8) is 0 Å². The Kier molecular flexibility index (Phi) is 3.95. The lowest BCUT2D eigenvalue weighted by molar-refractivity contribution is -0.153. The molecular weight excluding hydrogens is 264 g/mol. The Labute approximate surface area is 125 Å². The standard InChI is InChI=1S/C17H22N2O2/c1-17(16(20)19-11-7-2-3-8-12-19)13-15(18-21-17)14-9-5-4-6-10-14/h4-6,9-10H,2-3,7-8,11-13H2,1H3. The zero-order valence-corrected chi connectivity index (χ0v) is 12.5. The van der Waals surface area contributed by atoms with E-state index >= 15 is 0 Å². The number of hydrogen-bond donors (Lipinski definition) is 0. The van der Waals surface area contributed by atoms with Crippen LogP contribution in [0.25, 0.3) is 0 Å². The Morgan fingerprint density at radius 1 is 1.14 bits per heavy atom. The Morgan fingerprint density at radius 3 is 2.48 bits per heavy atom. The normalized spacial score (nSPS) is 26.0. The summed E-state index contributed by atoms with van der Waals surface area (Å²) in [6.45, 7) is 3.55. The van der Waals surface area contributed by atoms with Crippen LogP contribution in [0.15, 0.2) is 35.5 Å². The van der Waals surface area contributed by atoms with Crippen LogP contribution in [0.1, 0.15) is 44.6 Å². The maximum absolute atomic E-state index is 12.8. The van der Waals surface area contributed by atoms with E-state index in [4.69, 9.17) is 4.84 Å². The van der Waals surface area contributed by atoms with E-state index < -0.39 is 5.60 Å². The number of nitrogens with zero attached hydrogens (tertiary/aromatic N) is 2. The van der Waals surface area contributed by atoms with E-state index in [1.54, 1.807) is 0 Å². The van der Waals surface area contributed by atoms with E-state index in [0.29, 0.717) is 6.42 Å². The van der Waals surface area contributed by atoms with Crippen LogP contribution in [0.4, 0.5) is 0 Å². The molecule has 0 aromatic heterocycles. The van der Waals surface area contributed by atoms with Crippen molar-refractivity contribution >= 4 is 11.6 Å². The van der Waals surface area contributed by atoms with Crippen LogP contribution in [0.5, 0.6) is 0 Å². The summed E-state index contributed by atoms with van der Waals surface area (Å²) in [6, 6.07) is 9.93. The van der Waals surface area contributed by atoms with Gasteiger partial charge in [0.1, 0.15) is 0 Å². The van der Waals surface area contributed by atoms with Gasteiger partial charge in [-0.2, -0.15) is 0 Å². The Balaban J connectivity index is 1.70. The lowest BCUT2D eigenvalue weighted by Crippen LogP contribution is -2.47. The molecule has 2 aliphatic heterocycles. The molecule has 1 fully saturated rings. The minimum atomic E-state index is -0.838. The van der Waals surface area contributed by atoms with Gasteiger partial charge in [0.05, 0.1) is 5.71 Å². The lowest BCUT2D eigenvalue weighted by Gasteiger charge is -2.29. The van der Waals surface area contributed by atoms with Gasteiger partial charge in [-0.1, -0.05) is 48.3 Å². The van der Waals surface area contributed by atoms with Gasteiger partial charge in [0.25, 0.3) is 5.91 Å². The number of oxime groups is 1. The predicted octanol–water partition coefficient (Wildman–Crippen LogP) is 2.97. The average Bonchev–Trinajstić information content (AvgIpc) is 2.75. The molecule has 0 N–H and O–H groups in total. The lowest BCUT2D eigenvalue weighted by atomic mass is 9.94. The average molecular weight is 286 g/mol. The van der Waals surface area contributed by atoms with E-state index in [9.17, 15) is 4.79 Å². The molecule has 1 amide bonds. The second-order valence-corrected chi connectivity index (χ2v) is 6.11. The topological polar surface area (TPSA) is 41.9 Å². The zero-order valence-electron chi connectivity index (χ0n) is 12.5. The Bertz CT molecular complexity index is 533. The molecule has 4 nitrogen and oxygen atoms in total. The molecule has 0 aliphatic carbocycles. The third-order valence-corrected chi connectivity index (χ3v) is 4.31. The highest BCUT2D eigenvalue weighted by atomic mass is 16.7. The molecule has 3 rings (SSSR count). The van der Waals surface area contributed by atoms with Gasteiger partial charge in [-0.05, 0) is 25.3 Å². The highest BCUT2D eigenvalue weighted by Crippen LogP contribution is 2.29. The van der Waals surface area contributed by atoms with Crippen LogP contribution >= 0.6 is 0 Å². The minimum Gasteiger partial charge on any atom is -0.379 e. The number of carbonyl (C=O) groups is 1. The number of hydrogen-bond acceptors (Lipinski definition) is 3. The van der Waals surface area contributed by atoms with Crippen molar-refractivity contribution in [3.05, 3.63) is 35.9 Å². The minimum absolute atomic E-state index is 0.0825. The summed E-state index contributed by atoms with van der Waals surface area (Å²) in [5.74, 6) is 0.0825. The first-order chi connectivity index (χ1) is 10.2. The van der Waals surface area contributed by atoms with Gasteiger partial charge in [0.15, 0.2) is 0 Å². The highest BCUT2D eigenvalue weighted by Gasteiger charge is 2.44. The van der Waals surface area contributed by atoms with Gasteiger partial charge in [-0.25, -0.2) is 0 Å². The summed E-state index contributed by atoms with van der Waals surface area (Å²) < 4.78 is 0. The Hall–Kier alpha value is -1.84. The van der Waals surface area contributed by atoms with E-state index in [1.165, 1.54) is 12.8 Å². The number of rotatable bonds is 2. The summed E-state index contributed by atoms with van der Waals surface area (Å²) in [6.07, 6.45) is 5.16. The molecule has 2 aliphatic rings. The van der Waals surface area contributed by atoms with Crippen molar-refractivity contribution in [3.8, 4) is 0 Å². The van der Waals surface area contributed by atoms with Gasteiger partial charge in [-0.3, -0.25) is 4.79 Å². The first kappa shape index (κ1) is 14.1. The molecule has 2 heterocycles. The predicted molar refractivity (Wildman–Crippen MR) is 82.1 cm³/mol. The third-order valence-electron chi connectivity index (χ3n) is 4.31. The molecule has 1 atom stereocenters. The van der Waals surface area contributed by atoms with Crippen LogP contribution in [-0.2, 0) is 9.63 Å². The number of carbonyl (C=O) groups excluding carboxylic acids is 1. The molecule has 1 aromatic rings. The molecule has 0 radical (unpaired) electrons. The molecule has 0 bridgehead atoms. The van der Waals surface area contributed by atoms with E-state index in [1.807, 2.05) is 42.2 Å². The van der Waals surface area contributed by atoms with Gasteiger partial charge < -0.3 is 9.74 Å². The van der Waals surface area contributed by atoms with Gasteiger partial charge in [-0.15, -0.1) is 0 Å². The maximum atomic E-state index is 12.8. The van der Waals surface area contributed by atoms with Crippen LogP contribution in [0.2, 0.25) is 0 Å². The first-order valence-electron chi connectivity index (χ1n) is 7.79. The highest BCUT2D eigenvalue weighted by molar-refractivity contribution is 6.05. The fourth-order valence-electron chi connectivity index (χ4n) is 3.05. The zero-order chi connectivity index (χ0) is 14.7.